The fourth-order valence-corrected chi connectivity index (χ4v) is 2.41. The number of carbonyl (C=O) groups excluding carboxylic acids is 1. The number of aromatic nitrogens is 2. The summed E-state index contributed by atoms with van der Waals surface area (Å²) in [7, 11) is 0. The van der Waals surface area contributed by atoms with E-state index >= 15 is 0 Å². The van der Waals surface area contributed by atoms with Crippen molar-refractivity contribution in [2.75, 3.05) is 6.61 Å². The Morgan fingerprint density at radius 2 is 2.29 bits per heavy atom. The largest absolute Gasteiger partial charge is 0.462 e. The second-order valence-corrected chi connectivity index (χ2v) is 5.36. The molecule has 1 fully saturated rings. The number of rotatable bonds is 4. The van der Waals surface area contributed by atoms with E-state index in [1.54, 1.807) is 17.7 Å². The monoisotopic (exact) mass is 308 g/mol. The predicted molar refractivity (Wildman–Crippen MR) is 76.5 cm³/mol. The highest BCUT2D eigenvalue weighted by molar-refractivity contribution is 6.30. The highest BCUT2D eigenvalue weighted by atomic mass is 35.5. The molecule has 1 aliphatic rings. The molecule has 1 heterocycles. The van der Waals surface area contributed by atoms with Crippen LogP contribution in [-0.2, 0) is 4.74 Å². The molecule has 1 aromatic heterocycles. The van der Waals surface area contributed by atoms with E-state index in [2.05, 4.69) is 5.10 Å². The summed E-state index contributed by atoms with van der Waals surface area (Å²) in [6.07, 6.45) is 3.47. The summed E-state index contributed by atoms with van der Waals surface area (Å²) in [6, 6.07) is 4.48. The van der Waals surface area contributed by atoms with Gasteiger partial charge in [0, 0.05) is 12.0 Å². The molecular formula is C15H14ClFN2O2. The molecule has 0 amide bonds. The Labute approximate surface area is 126 Å². The van der Waals surface area contributed by atoms with E-state index < -0.39 is 5.82 Å². The van der Waals surface area contributed by atoms with Gasteiger partial charge in [0.05, 0.1) is 29.2 Å². The number of halogens is 2. The third-order valence-electron chi connectivity index (χ3n) is 3.41. The van der Waals surface area contributed by atoms with Gasteiger partial charge in [-0.2, -0.15) is 5.10 Å². The summed E-state index contributed by atoms with van der Waals surface area (Å²) in [6.45, 7) is 2.07. The molecule has 0 unspecified atom stereocenters. The number of ether oxygens (including phenoxy) is 1. The number of hydrogen-bond donors (Lipinski definition) is 0. The van der Waals surface area contributed by atoms with E-state index in [0.717, 1.165) is 18.5 Å². The maximum absolute atomic E-state index is 13.6. The molecule has 110 valence electrons. The van der Waals surface area contributed by atoms with Crippen LogP contribution in [0.15, 0.2) is 24.4 Å². The van der Waals surface area contributed by atoms with Gasteiger partial charge >= 0.3 is 5.97 Å². The number of hydrogen-bond acceptors (Lipinski definition) is 3. The van der Waals surface area contributed by atoms with Crippen molar-refractivity contribution in [3.8, 4) is 5.69 Å². The lowest BCUT2D eigenvalue weighted by atomic mass is 10.1. The molecule has 6 heteroatoms. The molecule has 0 atom stereocenters. The average molecular weight is 309 g/mol. The van der Waals surface area contributed by atoms with Gasteiger partial charge in [-0.05, 0) is 31.9 Å². The molecule has 0 spiro atoms. The zero-order valence-electron chi connectivity index (χ0n) is 11.5. The van der Waals surface area contributed by atoms with Gasteiger partial charge in [-0.1, -0.05) is 11.6 Å². The number of nitrogens with zero attached hydrogens (tertiary/aromatic N) is 2. The molecule has 1 aromatic carbocycles. The van der Waals surface area contributed by atoms with Crippen molar-refractivity contribution in [3.63, 3.8) is 0 Å². The normalized spacial score (nSPS) is 14.2. The molecule has 2 aromatic rings. The van der Waals surface area contributed by atoms with Crippen LogP contribution in [0.1, 0.15) is 41.7 Å². The van der Waals surface area contributed by atoms with Crippen molar-refractivity contribution in [2.45, 2.75) is 25.7 Å². The first-order valence-electron chi connectivity index (χ1n) is 6.82. The van der Waals surface area contributed by atoms with Crippen LogP contribution in [0, 0.1) is 5.82 Å². The lowest BCUT2D eigenvalue weighted by Gasteiger charge is -2.09. The molecule has 3 rings (SSSR count). The quantitative estimate of drug-likeness (QED) is 0.809. The van der Waals surface area contributed by atoms with Gasteiger partial charge in [-0.15, -0.1) is 0 Å². The number of esters is 1. The van der Waals surface area contributed by atoms with Crippen molar-refractivity contribution < 1.29 is 13.9 Å². The summed E-state index contributed by atoms with van der Waals surface area (Å²) in [5, 5.41) is 4.29. The fraction of sp³-hybridized carbons (Fsp3) is 0.333. The van der Waals surface area contributed by atoms with E-state index in [0.29, 0.717) is 17.9 Å². The van der Waals surface area contributed by atoms with Gasteiger partial charge in [0.2, 0.25) is 0 Å². The topological polar surface area (TPSA) is 44.1 Å². The lowest BCUT2D eigenvalue weighted by Crippen LogP contribution is -2.09. The summed E-state index contributed by atoms with van der Waals surface area (Å²) in [5.74, 6) is -0.630. The Morgan fingerprint density at radius 3 is 2.90 bits per heavy atom. The van der Waals surface area contributed by atoms with Crippen molar-refractivity contribution in [2.24, 2.45) is 0 Å². The van der Waals surface area contributed by atoms with Gasteiger partial charge in [0.15, 0.2) is 0 Å². The Morgan fingerprint density at radius 1 is 1.52 bits per heavy atom. The van der Waals surface area contributed by atoms with Crippen LogP contribution in [0.4, 0.5) is 4.39 Å². The summed E-state index contributed by atoms with van der Waals surface area (Å²) < 4.78 is 20.3. The minimum absolute atomic E-state index is 0.0597. The summed E-state index contributed by atoms with van der Waals surface area (Å²) in [4.78, 5) is 12.0. The van der Waals surface area contributed by atoms with E-state index in [1.165, 1.54) is 18.3 Å². The maximum Gasteiger partial charge on any atom is 0.341 e. The van der Waals surface area contributed by atoms with Crippen LogP contribution < -0.4 is 0 Å². The van der Waals surface area contributed by atoms with Crippen LogP contribution in [0.3, 0.4) is 0 Å². The van der Waals surface area contributed by atoms with Crippen LogP contribution in [0.25, 0.3) is 5.69 Å². The Kier molecular flexibility index (Phi) is 3.68. The second-order valence-electron chi connectivity index (χ2n) is 4.95. The van der Waals surface area contributed by atoms with E-state index in [9.17, 15) is 9.18 Å². The Balaban J connectivity index is 2.06. The lowest BCUT2D eigenvalue weighted by molar-refractivity contribution is 0.0525. The van der Waals surface area contributed by atoms with Crippen molar-refractivity contribution >= 4 is 17.6 Å². The van der Waals surface area contributed by atoms with Crippen molar-refractivity contribution in [1.29, 1.82) is 0 Å². The van der Waals surface area contributed by atoms with Crippen molar-refractivity contribution in [3.05, 3.63) is 46.5 Å². The summed E-state index contributed by atoms with van der Waals surface area (Å²) >= 11 is 5.70. The molecule has 0 bridgehead atoms. The molecule has 0 radical (unpaired) electrons. The molecule has 1 saturated carbocycles. The molecule has 1 aliphatic carbocycles. The highest BCUT2D eigenvalue weighted by Gasteiger charge is 2.33. The molecule has 0 saturated heterocycles. The molecule has 0 aliphatic heterocycles. The second kappa shape index (κ2) is 5.48. The van der Waals surface area contributed by atoms with Crippen LogP contribution in [0.5, 0.6) is 0 Å². The predicted octanol–water partition coefficient (Wildman–Crippen LogP) is 3.72. The smallest absolute Gasteiger partial charge is 0.341 e. The first kappa shape index (κ1) is 14.1. The van der Waals surface area contributed by atoms with Gasteiger partial charge in [-0.3, -0.25) is 0 Å². The first-order chi connectivity index (χ1) is 10.1. The fourth-order valence-electron chi connectivity index (χ4n) is 2.30. The first-order valence-corrected chi connectivity index (χ1v) is 7.20. The van der Waals surface area contributed by atoms with Gasteiger partial charge in [-0.25, -0.2) is 13.9 Å². The van der Waals surface area contributed by atoms with E-state index in [4.69, 9.17) is 16.3 Å². The zero-order chi connectivity index (χ0) is 15.0. The Bertz CT molecular complexity index is 695. The number of benzene rings is 1. The van der Waals surface area contributed by atoms with Crippen molar-refractivity contribution in [1.82, 2.24) is 9.78 Å². The van der Waals surface area contributed by atoms with Gasteiger partial charge in [0.1, 0.15) is 11.4 Å². The molecule has 4 nitrogen and oxygen atoms in total. The zero-order valence-corrected chi connectivity index (χ0v) is 12.2. The van der Waals surface area contributed by atoms with Crippen LogP contribution >= 0.6 is 11.6 Å². The summed E-state index contributed by atoms with van der Waals surface area (Å²) in [5.41, 5.74) is 1.79. The van der Waals surface area contributed by atoms with Crippen LogP contribution in [0.2, 0.25) is 5.02 Å². The highest BCUT2D eigenvalue weighted by Crippen LogP contribution is 2.42. The minimum atomic E-state index is -0.510. The van der Waals surface area contributed by atoms with E-state index in [1.807, 2.05) is 0 Å². The minimum Gasteiger partial charge on any atom is -0.462 e. The average Bonchev–Trinajstić information content (AvgIpc) is 3.20. The molecular weight excluding hydrogens is 295 g/mol. The van der Waals surface area contributed by atoms with E-state index in [-0.39, 0.29) is 16.9 Å². The van der Waals surface area contributed by atoms with Crippen LogP contribution in [-0.4, -0.2) is 22.4 Å². The SMILES string of the molecule is CCOC(=O)c1cnn(-c2ccc(Cl)c(F)c2)c1C1CC1. The molecule has 0 N–H and O–H groups in total. The Hall–Kier alpha value is -1.88. The maximum atomic E-state index is 13.6. The van der Waals surface area contributed by atoms with Gasteiger partial charge in [0.25, 0.3) is 0 Å². The standard InChI is InChI=1S/C15H14ClFN2O2/c1-2-21-15(20)11-8-18-19(14(11)9-3-4-9)10-5-6-12(16)13(17)7-10/h5-9H,2-4H2,1H3. The molecule has 21 heavy (non-hydrogen) atoms. The third kappa shape index (κ3) is 2.65. The number of carbonyl (C=O) groups is 1. The van der Waals surface area contributed by atoms with Gasteiger partial charge < -0.3 is 4.74 Å². The third-order valence-corrected chi connectivity index (χ3v) is 3.72.